The van der Waals surface area contributed by atoms with Crippen LogP contribution < -0.4 is 4.74 Å². The lowest BCUT2D eigenvalue weighted by atomic mass is 10.1. The van der Waals surface area contributed by atoms with E-state index in [1.807, 2.05) is 4.90 Å². The van der Waals surface area contributed by atoms with Crippen LogP contribution in [0.1, 0.15) is 11.1 Å². The summed E-state index contributed by atoms with van der Waals surface area (Å²) < 4.78 is 15.5. The SMILES string of the molecule is COC(=O)C1COCCN1Cc1cc(C#N)ccc1OC. The van der Waals surface area contributed by atoms with E-state index in [0.29, 0.717) is 37.6 Å². The van der Waals surface area contributed by atoms with E-state index in [0.717, 1.165) is 5.56 Å². The number of methoxy groups -OCH3 is 2. The first-order chi connectivity index (χ1) is 10.2. The third-order valence-corrected chi connectivity index (χ3v) is 3.50. The minimum absolute atomic E-state index is 0.312. The number of benzene rings is 1. The van der Waals surface area contributed by atoms with Gasteiger partial charge in [-0.2, -0.15) is 5.26 Å². The molecule has 1 heterocycles. The Kier molecular flexibility index (Phi) is 5.14. The third-order valence-electron chi connectivity index (χ3n) is 3.50. The fraction of sp³-hybridized carbons (Fsp3) is 0.467. The number of carbonyl (C=O) groups excluding carboxylic acids is 1. The van der Waals surface area contributed by atoms with Crippen molar-refractivity contribution in [1.82, 2.24) is 4.90 Å². The maximum atomic E-state index is 11.8. The van der Waals surface area contributed by atoms with Crippen LogP contribution in [-0.4, -0.2) is 50.9 Å². The Balaban J connectivity index is 2.22. The highest BCUT2D eigenvalue weighted by molar-refractivity contribution is 5.76. The molecule has 6 nitrogen and oxygen atoms in total. The van der Waals surface area contributed by atoms with E-state index in [4.69, 9.17) is 19.5 Å². The molecule has 0 amide bonds. The number of nitrogens with zero attached hydrogens (tertiary/aromatic N) is 2. The van der Waals surface area contributed by atoms with Crippen molar-refractivity contribution in [3.8, 4) is 11.8 Å². The molecule has 1 saturated heterocycles. The molecular formula is C15H18N2O4. The van der Waals surface area contributed by atoms with Gasteiger partial charge in [-0.1, -0.05) is 0 Å². The van der Waals surface area contributed by atoms with Crippen LogP contribution in [0.5, 0.6) is 5.75 Å². The molecule has 0 saturated carbocycles. The summed E-state index contributed by atoms with van der Waals surface area (Å²) in [5.74, 6) is 0.384. The van der Waals surface area contributed by atoms with Crippen LogP contribution in [0, 0.1) is 11.3 Å². The lowest BCUT2D eigenvalue weighted by molar-refractivity contribution is -0.153. The molecule has 2 rings (SSSR count). The van der Waals surface area contributed by atoms with Gasteiger partial charge in [-0.3, -0.25) is 9.69 Å². The second-order valence-corrected chi connectivity index (χ2v) is 4.72. The van der Waals surface area contributed by atoms with E-state index in [2.05, 4.69) is 6.07 Å². The zero-order chi connectivity index (χ0) is 15.2. The number of ether oxygens (including phenoxy) is 3. The lowest BCUT2D eigenvalue weighted by Crippen LogP contribution is -2.49. The average molecular weight is 290 g/mol. The van der Waals surface area contributed by atoms with Gasteiger partial charge in [-0.05, 0) is 18.2 Å². The molecule has 1 fully saturated rings. The zero-order valence-electron chi connectivity index (χ0n) is 12.2. The second-order valence-electron chi connectivity index (χ2n) is 4.72. The van der Waals surface area contributed by atoms with Crippen LogP contribution in [0.4, 0.5) is 0 Å². The molecule has 1 aromatic carbocycles. The molecule has 1 aliphatic heterocycles. The van der Waals surface area contributed by atoms with E-state index in [-0.39, 0.29) is 5.97 Å². The number of hydrogen-bond donors (Lipinski definition) is 0. The summed E-state index contributed by atoms with van der Waals surface area (Å²) in [6.45, 7) is 2.00. The molecule has 0 aromatic heterocycles. The number of rotatable bonds is 4. The van der Waals surface area contributed by atoms with Gasteiger partial charge < -0.3 is 14.2 Å². The predicted octanol–water partition coefficient (Wildman–Crippen LogP) is 0.941. The summed E-state index contributed by atoms with van der Waals surface area (Å²) in [7, 11) is 2.95. The smallest absolute Gasteiger partial charge is 0.325 e. The van der Waals surface area contributed by atoms with Gasteiger partial charge in [0.1, 0.15) is 11.8 Å². The van der Waals surface area contributed by atoms with E-state index in [9.17, 15) is 4.79 Å². The second kappa shape index (κ2) is 7.07. The fourth-order valence-electron chi connectivity index (χ4n) is 2.37. The number of morpholine rings is 1. The van der Waals surface area contributed by atoms with Crippen molar-refractivity contribution in [2.75, 3.05) is 34.0 Å². The molecule has 1 atom stereocenters. The summed E-state index contributed by atoms with van der Waals surface area (Å²) in [6, 6.07) is 6.93. The largest absolute Gasteiger partial charge is 0.496 e. The monoisotopic (exact) mass is 290 g/mol. The third kappa shape index (κ3) is 3.51. The van der Waals surface area contributed by atoms with Gasteiger partial charge in [-0.25, -0.2) is 0 Å². The average Bonchev–Trinajstić information content (AvgIpc) is 2.54. The van der Waals surface area contributed by atoms with Crippen molar-refractivity contribution >= 4 is 5.97 Å². The Morgan fingerprint density at radius 1 is 1.52 bits per heavy atom. The zero-order valence-corrected chi connectivity index (χ0v) is 12.2. The topological polar surface area (TPSA) is 71.8 Å². The molecule has 0 N–H and O–H groups in total. The normalized spacial score (nSPS) is 18.8. The molecule has 0 spiro atoms. The number of nitriles is 1. The van der Waals surface area contributed by atoms with Gasteiger partial charge in [-0.15, -0.1) is 0 Å². The quantitative estimate of drug-likeness (QED) is 0.769. The number of carbonyl (C=O) groups is 1. The summed E-state index contributed by atoms with van der Waals surface area (Å²) in [5.41, 5.74) is 1.43. The lowest BCUT2D eigenvalue weighted by Gasteiger charge is -2.33. The Hall–Kier alpha value is -2.10. The van der Waals surface area contributed by atoms with E-state index < -0.39 is 6.04 Å². The van der Waals surface area contributed by atoms with Crippen molar-refractivity contribution in [2.45, 2.75) is 12.6 Å². The minimum Gasteiger partial charge on any atom is -0.496 e. The number of esters is 1. The van der Waals surface area contributed by atoms with Crippen LogP contribution in [0.3, 0.4) is 0 Å². The molecule has 1 unspecified atom stereocenters. The van der Waals surface area contributed by atoms with Crippen LogP contribution in [-0.2, 0) is 20.8 Å². The fourth-order valence-corrected chi connectivity index (χ4v) is 2.37. The highest BCUT2D eigenvalue weighted by Gasteiger charge is 2.30. The first kappa shape index (κ1) is 15.3. The van der Waals surface area contributed by atoms with Gasteiger partial charge >= 0.3 is 5.97 Å². The van der Waals surface area contributed by atoms with Crippen molar-refractivity contribution in [1.29, 1.82) is 5.26 Å². The summed E-state index contributed by atoms with van der Waals surface area (Å²) >= 11 is 0. The van der Waals surface area contributed by atoms with Crippen LogP contribution in [0.25, 0.3) is 0 Å². The summed E-state index contributed by atoms with van der Waals surface area (Å²) in [6.07, 6.45) is 0. The molecular weight excluding hydrogens is 272 g/mol. The Morgan fingerprint density at radius 3 is 3.00 bits per heavy atom. The standard InChI is InChI=1S/C15H18N2O4/c1-19-14-4-3-11(8-16)7-12(14)9-17-5-6-21-10-13(17)15(18)20-2/h3-4,7,13H,5-6,9-10H2,1-2H3. The van der Waals surface area contributed by atoms with Crippen molar-refractivity contribution in [3.63, 3.8) is 0 Å². The molecule has 0 aliphatic carbocycles. The molecule has 1 aromatic rings. The molecule has 0 radical (unpaired) electrons. The van der Waals surface area contributed by atoms with Crippen LogP contribution >= 0.6 is 0 Å². The van der Waals surface area contributed by atoms with E-state index >= 15 is 0 Å². The van der Waals surface area contributed by atoms with Gasteiger partial charge in [0.15, 0.2) is 0 Å². The predicted molar refractivity (Wildman–Crippen MR) is 74.7 cm³/mol. The Bertz CT molecular complexity index is 553. The van der Waals surface area contributed by atoms with Gasteiger partial charge in [0, 0.05) is 18.7 Å². The number of hydrogen-bond acceptors (Lipinski definition) is 6. The first-order valence-electron chi connectivity index (χ1n) is 6.66. The summed E-state index contributed by atoms with van der Waals surface area (Å²) in [5, 5.41) is 9.01. The molecule has 0 bridgehead atoms. The first-order valence-corrected chi connectivity index (χ1v) is 6.66. The van der Waals surface area contributed by atoms with E-state index in [1.54, 1.807) is 25.3 Å². The molecule has 6 heteroatoms. The minimum atomic E-state index is -0.431. The summed E-state index contributed by atoms with van der Waals surface area (Å²) in [4.78, 5) is 13.8. The van der Waals surface area contributed by atoms with Crippen molar-refractivity contribution in [3.05, 3.63) is 29.3 Å². The van der Waals surface area contributed by atoms with Crippen LogP contribution in [0.15, 0.2) is 18.2 Å². The molecule has 112 valence electrons. The maximum absolute atomic E-state index is 11.8. The Morgan fingerprint density at radius 2 is 2.33 bits per heavy atom. The van der Waals surface area contributed by atoms with Gasteiger partial charge in [0.2, 0.25) is 0 Å². The van der Waals surface area contributed by atoms with Crippen molar-refractivity contribution < 1.29 is 19.0 Å². The highest BCUT2D eigenvalue weighted by Crippen LogP contribution is 2.23. The maximum Gasteiger partial charge on any atom is 0.325 e. The Labute approximate surface area is 123 Å². The van der Waals surface area contributed by atoms with Gasteiger partial charge in [0.05, 0.1) is 39.1 Å². The van der Waals surface area contributed by atoms with E-state index in [1.165, 1.54) is 7.11 Å². The van der Waals surface area contributed by atoms with Crippen molar-refractivity contribution in [2.24, 2.45) is 0 Å². The van der Waals surface area contributed by atoms with Crippen LogP contribution in [0.2, 0.25) is 0 Å². The molecule has 1 aliphatic rings. The highest BCUT2D eigenvalue weighted by atomic mass is 16.5. The molecule has 21 heavy (non-hydrogen) atoms. The van der Waals surface area contributed by atoms with Gasteiger partial charge in [0.25, 0.3) is 0 Å².